The molecule has 1 aromatic carbocycles. The number of benzene rings is 1. The summed E-state index contributed by atoms with van der Waals surface area (Å²) in [6.07, 6.45) is 1.70. The van der Waals surface area contributed by atoms with Gasteiger partial charge in [0.05, 0.1) is 6.26 Å². The van der Waals surface area contributed by atoms with E-state index in [1.807, 2.05) is 0 Å². The molecule has 0 bridgehead atoms. The molecule has 0 aliphatic carbocycles. The zero-order valence-corrected chi connectivity index (χ0v) is 9.05. The van der Waals surface area contributed by atoms with Crippen LogP contribution in [-0.4, -0.2) is 11.7 Å². The average Bonchev–Trinajstić information content (AvgIpc) is 2.83. The Morgan fingerprint density at radius 3 is 2.35 bits per heavy atom. The van der Waals surface area contributed by atoms with Crippen molar-refractivity contribution in [2.75, 3.05) is 0 Å². The number of furan rings is 1. The zero-order chi connectivity index (χ0) is 12.3. The highest BCUT2D eigenvalue weighted by atomic mass is 16.3. The number of primary amides is 1. The number of hydrogen-bond donors (Lipinski definition) is 1. The third kappa shape index (κ3) is 2.60. The molecule has 1 amide bonds. The van der Waals surface area contributed by atoms with Gasteiger partial charge in [0.25, 0.3) is 0 Å². The van der Waals surface area contributed by atoms with Crippen LogP contribution in [0.2, 0.25) is 0 Å². The van der Waals surface area contributed by atoms with Crippen LogP contribution in [0.1, 0.15) is 26.5 Å². The quantitative estimate of drug-likeness (QED) is 0.812. The van der Waals surface area contributed by atoms with Gasteiger partial charge in [0.15, 0.2) is 5.76 Å². The Balaban J connectivity index is 2.09. The molecule has 2 aromatic rings. The Hall–Kier alpha value is -2.36. The molecule has 0 radical (unpaired) electrons. The van der Waals surface area contributed by atoms with Crippen LogP contribution in [0.4, 0.5) is 0 Å². The molecular formula is C13H11NO3. The van der Waals surface area contributed by atoms with Gasteiger partial charge in [-0.3, -0.25) is 9.59 Å². The average molecular weight is 229 g/mol. The van der Waals surface area contributed by atoms with Gasteiger partial charge < -0.3 is 10.2 Å². The molecule has 0 aliphatic rings. The third-order valence-corrected chi connectivity index (χ3v) is 2.40. The standard InChI is InChI=1S/C13H11NO3/c14-13(16)10-5-3-9(4-6-10)8-11(15)12-2-1-7-17-12/h1-7H,8H2,(H2,14,16). The Kier molecular flexibility index (Phi) is 3.05. The fourth-order valence-electron chi connectivity index (χ4n) is 1.50. The van der Waals surface area contributed by atoms with Gasteiger partial charge >= 0.3 is 0 Å². The molecule has 0 saturated heterocycles. The second-order valence-electron chi connectivity index (χ2n) is 3.64. The van der Waals surface area contributed by atoms with Gasteiger partial charge in [0, 0.05) is 12.0 Å². The molecule has 0 spiro atoms. The fraction of sp³-hybridized carbons (Fsp3) is 0.0769. The predicted octanol–water partition coefficient (Wildman–Crippen LogP) is 1.80. The van der Waals surface area contributed by atoms with E-state index in [1.54, 1.807) is 36.4 Å². The molecule has 2 rings (SSSR count). The first-order chi connectivity index (χ1) is 8.16. The van der Waals surface area contributed by atoms with Gasteiger partial charge in [-0.15, -0.1) is 0 Å². The lowest BCUT2D eigenvalue weighted by molar-refractivity contribution is 0.0965. The zero-order valence-electron chi connectivity index (χ0n) is 9.05. The summed E-state index contributed by atoms with van der Waals surface area (Å²) in [7, 11) is 0. The molecule has 0 aliphatic heterocycles. The van der Waals surface area contributed by atoms with E-state index in [1.165, 1.54) is 6.26 Å². The molecule has 0 unspecified atom stereocenters. The number of nitrogens with two attached hydrogens (primary N) is 1. The summed E-state index contributed by atoms with van der Waals surface area (Å²) in [4.78, 5) is 22.6. The van der Waals surface area contributed by atoms with Gasteiger partial charge in [-0.1, -0.05) is 12.1 Å². The molecule has 86 valence electrons. The lowest BCUT2D eigenvalue weighted by Gasteiger charge is -2.00. The van der Waals surface area contributed by atoms with Crippen LogP contribution in [0, 0.1) is 0 Å². The molecule has 1 aromatic heterocycles. The molecule has 0 fully saturated rings. The first-order valence-electron chi connectivity index (χ1n) is 5.12. The van der Waals surface area contributed by atoms with E-state index in [4.69, 9.17) is 10.2 Å². The van der Waals surface area contributed by atoms with E-state index in [2.05, 4.69) is 0 Å². The predicted molar refractivity (Wildman–Crippen MR) is 61.7 cm³/mol. The van der Waals surface area contributed by atoms with Gasteiger partial charge in [0.2, 0.25) is 11.7 Å². The minimum atomic E-state index is -0.478. The molecule has 4 nitrogen and oxygen atoms in total. The molecule has 4 heteroatoms. The topological polar surface area (TPSA) is 73.3 Å². The number of ketones is 1. The second kappa shape index (κ2) is 4.65. The van der Waals surface area contributed by atoms with Crippen LogP contribution in [0.5, 0.6) is 0 Å². The smallest absolute Gasteiger partial charge is 0.248 e. The monoisotopic (exact) mass is 229 g/mol. The van der Waals surface area contributed by atoms with E-state index in [-0.39, 0.29) is 12.2 Å². The van der Waals surface area contributed by atoms with E-state index >= 15 is 0 Å². The van der Waals surface area contributed by atoms with E-state index in [0.29, 0.717) is 11.3 Å². The van der Waals surface area contributed by atoms with Crippen molar-refractivity contribution in [2.45, 2.75) is 6.42 Å². The number of carbonyl (C=O) groups is 2. The van der Waals surface area contributed by atoms with Gasteiger partial charge in [-0.2, -0.15) is 0 Å². The molecule has 0 atom stereocenters. The summed E-state index contributed by atoms with van der Waals surface area (Å²) in [5.41, 5.74) is 6.37. The fourth-order valence-corrected chi connectivity index (χ4v) is 1.50. The van der Waals surface area contributed by atoms with Gasteiger partial charge in [-0.25, -0.2) is 0 Å². The Bertz CT molecular complexity index is 526. The number of Topliss-reactive ketones (excluding diaryl/α,β-unsaturated/α-hetero) is 1. The van der Waals surface area contributed by atoms with Crippen LogP contribution < -0.4 is 5.73 Å². The van der Waals surface area contributed by atoms with Crippen molar-refractivity contribution < 1.29 is 14.0 Å². The van der Waals surface area contributed by atoms with Crippen LogP contribution >= 0.6 is 0 Å². The first kappa shape index (κ1) is 11.1. The summed E-state index contributed by atoms with van der Waals surface area (Å²) < 4.78 is 5.01. The number of amides is 1. The van der Waals surface area contributed by atoms with Crippen LogP contribution in [0.3, 0.4) is 0 Å². The van der Waals surface area contributed by atoms with Crippen molar-refractivity contribution in [3.8, 4) is 0 Å². The first-order valence-corrected chi connectivity index (χ1v) is 5.12. The summed E-state index contributed by atoms with van der Waals surface area (Å²) in [5, 5.41) is 0. The van der Waals surface area contributed by atoms with E-state index in [0.717, 1.165) is 5.56 Å². The van der Waals surface area contributed by atoms with Crippen molar-refractivity contribution in [3.63, 3.8) is 0 Å². The molecule has 0 saturated carbocycles. The summed E-state index contributed by atoms with van der Waals surface area (Å²) >= 11 is 0. The maximum Gasteiger partial charge on any atom is 0.248 e. The van der Waals surface area contributed by atoms with Crippen LogP contribution in [0.15, 0.2) is 47.1 Å². The van der Waals surface area contributed by atoms with E-state index in [9.17, 15) is 9.59 Å². The summed E-state index contributed by atoms with van der Waals surface area (Å²) in [5.74, 6) is -0.236. The van der Waals surface area contributed by atoms with E-state index < -0.39 is 5.91 Å². The lowest BCUT2D eigenvalue weighted by atomic mass is 10.1. The molecule has 1 heterocycles. The minimum Gasteiger partial charge on any atom is -0.461 e. The Morgan fingerprint density at radius 1 is 1.12 bits per heavy atom. The number of hydrogen-bond acceptors (Lipinski definition) is 3. The van der Waals surface area contributed by atoms with Crippen molar-refractivity contribution in [1.82, 2.24) is 0 Å². The summed E-state index contributed by atoms with van der Waals surface area (Å²) in [6, 6.07) is 9.92. The Morgan fingerprint density at radius 2 is 1.82 bits per heavy atom. The van der Waals surface area contributed by atoms with Crippen LogP contribution in [0.25, 0.3) is 0 Å². The summed E-state index contributed by atoms with van der Waals surface area (Å²) in [6.45, 7) is 0. The van der Waals surface area contributed by atoms with Gasteiger partial charge in [0.1, 0.15) is 0 Å². The Labute approximate surface area is 98.0 Å². The number of rotatable bonds is 4. The van der Waals surface area contributed by atoms with Crippen molar-refractivity contribution >= 4 is 11.7 Å². The maximum absolute atomic E-state index is 11.7. The van der Waals surface area contributed by atoms with Crippen LogP contribution in [-0.2, 0) is 6.42 Å². The second-order valence-corrected chi connectivity index (χ2v) is 3.64. The third-order valence-electron chi connectivity index (χ3n) is 2.40. The highest BCUT2D eigenvalue weighted by molar-refractivity contribution is 5.95. The van der Waals surface area contributed by atoms with Crippen molar-refractivity contribution in [3.05, 3.63) is 59.5 Å². The van der Waals surface area contributed by atoms with Crippen molar-refractivity contribution in [2.24, 2.45) is 5.73 Å². The van der Waals surface area contributed by atoms with Crippen molar-refractivity contribution in [1.29, 1.82) is 0 Å². The lowest BCUT2D eigenvalue weighted by Crippen LogP contribution is -2.11. The van der Waals surface area contributed by atoms with Gasteiger partial charge in [-0.05, 0) is 29.8 Å². The normalized spacial score (nSPS) is 10.1. The number of carbonyl (C=O) groups excluding carboxylic acids is 2. The minimum absolute atomic E-state index is 0.0955. The molecule has 17 heavy (non-hydrogen) atoms. The highest BCUT2D eigenvalue weighted by Crippen LogP contribution is 2.09. The largest absolute Gasteiger partial charge is 0.461 e. The molecular weight excluding hydrogens is 218 g/mol. The highest BCUT2D eigenvalue weighted by Gasteiger charge is 2.09. The maximum atomic E-state index is 11.7. The SMILES string of the molecule is NC(=O)c1ccc(CC(=O)c2ccco2)cc1. The molecule has 2 N–H and O–H groups in total.